The van der Waals surface area contributed by atoms with Gasteiger partial charge in [-0.3, -0.25) is 4.98 Å². The van der Waals surface area contributed by atoms with E-state index in [1.165, 1.54) is 0 Å². The number of carbonyl (C=O) groups is 1. The lowest BCUT2D eigenvalue weighted by molar-refractivity contribution is 0.241. The van der Waals surface area contributed by atoms with E-state index in [1.54, 1.807) is 18.5 Å². The van der Waals surface area contributed by atoms with Gasteiger partial charge in [0.25, 0.3) is 5.89 Å². The number of aromatic nitrogens is 3. The second kappa shape index (κ2) is 6.48. The van der Waals surface area contributed by atoms with Gasteiger partial charge in [-0.15, -0.1) is 0 Å². The van der Waals surface area contributed by atoms with Crippen molar-refractivity contribution in [3.63, 3.8) is 0 Å². The molecule has 0 aliphatic carbocycles. The van der Waals surface area contributed by atoms with Crippen LogP contribution in [0, 0.1) is 0 Å². The lowest BCUT2D eigenvalue weighted by atomic mass is 10.3. The van der Waals surface area contributed by atoms with E-state index in [1.807, 2.05) is 13.0 Å². The normalized spacial score (nSPS) is 10.2. The summed E-state index contributed by atoms with van der Waals surface area (Å²) in [5.41, 5.74) is 0.776. The van der Waals surface area contributed by atoms with Crippen molar-refractivity contribution in [2.45, 2.75) is 13.3 Å². The number of urea groups is 1. The van der Waals surface area contributed by atoms with Crippen LogP contribution in [0.2, 0.25) is 0 Å². The smallest absolute Gasteiger partial charge is 0.314 e. The summed E-state index contributed by atoms with van der Waals surface area (Å²) in [6.07, 6.45) is 3.85. The summed E-state index contributed by atoms with van der Waals surface area (Å²) in [7, 11) is 0. The highest BCUT2D eigenvalue weighted by molar-refractivity contribution is 5.73. The lowest BCUT2D eigenvalue weighted by Crippen LogP contribution is -2.36. The van der Waals surface area contributed by atoms with Crippen LogP contribution in [0.4, 0.5) is 4.79 Å². The first-order valence-corrected chi connectivity index (χ1v) is 6.04. The van der Waals surface area contributed by atoms with Gasteiger partial charge in [-0.1, -0.05) is 5.16 Å². The van der Waals surface area contributed by atoms with Crippen LogP contribution in [0.15, 0.2) is 29.0 Å². The van der Waals surface area contributed by atoms with E-state index in [-0.39, 0.29) is 6.03 Å². The van der Waals surface area contributed by atoms with Gasteiger partial charge in [-0.25, -0.2) is 4.79 Å². The average Bonchev–Trinajstić information content (AvgIpc) is 2.89. The van der Waals surface area contributed by atoms with Crippen LogP contribution >= 0.6 is 0 Å². The number of nitrogens with zero attached hydrogens (tertiary/aromatic N) is 3. The molecule has 19 heavy (non-hydrogen) atoms. The third-order valence-corrected chi connectivity index (χ3v) is 2.35. The van der Waals surface area contributed by atoms with Gasteiger partial charge in [0.1, 0.15) is 0 Å². The van der Waals surface area contributed by atoms with Crippen molar-refractivity contribution in [2.75, 3.05) is 13.1 Å². The van der Waals surface area contributed by atoms with Gasteiger partial charge in [0.15, 0.2) is 5.82 Å². The molecule has 0 saturated heterocycles. The van der Waals surface area contributed by atoms with E-state index >= 15 is 0 Å². The summed E-state index contributed by atoms with van der Waals surface area (Å²) in [5.74, 6) is 0.983. The van der Waals surface area contributed by atoms with Crippen LogP contribution < -0.4 is 10.6 Å². The molecule has 7 heteroatoms. The van der Waals surface area contributed by atoms with Crippen molar-refractivity contribution < 1.29 is 9.32 Å². The van der Waals surface area contributed by atoms with E-state index < -0.39 is 0 Å². The van der Waals surface area contributed by atoms with E-state index in [0.717, 1.165) is 5.56 Å². The third kappa shape index (κ3) is 3.77. The molecule has 7 nitrogen and oxygen atoms in total. The molecule has 2 N–H and O–H groups in total. The number of carbonyl (C=O) groups excluding carboxylic acids is 1. The zero-order chi connectivity index (χ0) is 13.5. The fourth-order valence-electron chi connectivity index (χ4n) is 1.47. The molecule has 0 aliphatic rings. The molecule has 0 aromatic carbocycles. The predicted octanol–water partition coefficient (Wildman–Crippen LogP) is 0.993. The zero-order valence-corrected chi connectivity index (χ0v) is 10.6. The molecule has 2 rings (SSSR count). The molecular formula is C12H15N5O2. The molecule has 2 heterocycles. The number of amides is 2. The van der Waals surface area contributed by atoms with Gasteiger partial charge in [-0.05, 0) is 19.1 Å². The maximum absolute atomic E-state index is 11.2. The van der Waals surface area contributed by atoms with Crippen molar-refractivity contribution in [3.05, 3.63) is 30.4 Å². The number of hydrogen-bond donors (Lipinski definition) is 2. The van der Waals surface area contributed by atoms with Gasteiger partial charge < -0.3 is 15.2 Å². The van der Waals surface area contributed by atoms with Crippen LogP contribution in [0.1, 0.15) is 12.7 Å². The van der Waals surface area contributed by atoms with Gasteiger partial charge in [0.2, 0.25) is 0 Å². The van der Waals surface area contributed by atoms with Crippen LogP contribution in [0.5, 0.6) is 0 Å². The summed E-state index contributed by atoms with van der Waals surface area (Å²) in [6, 6.07) is 3.45. The molecule has 0 radical (unpaired) electrons. The Kier molecular flexibility index (Phi) is 4.44. The molecule has 0 aliphatic heterocycles. The van der Waals surface area contributed by atoms with Gasteiger partial charge in [0.05, 0.1) is 5.56 Å². The third-order valence-electron chi connectivity index (χ3n) is 2.35. The average molecular weight is 261 g/mol. The number of nitrogens with one attached hydrogen (secondary N) is 2. The van der Waals surface area contributed by atoms with E-state index in [4.69, 9.17) is 4.52 Å². The quantitative estimate of drug-likeness (QED) is 0.837. The molecule has 0 atom stereocenters. The largest absolute Gasteiger partial charge is 0.338 e. The molecule has 100 valence electrons. The van der Waals surface area contributed by atoms with Crippen molar-refractivity contribution in [1.29, 1.82) is 0 Å². The number of hydrogen-bond acceptors (Lipinski definition) is 5. The summed E-state index contributed by atoms with van der Waals surface area (Å²) in [4.78, 5) is 19.4. The molecule has 0 bridgehead atoms. The summed E-state index contributed by atoms with van der Waals surface area (Å²) in [5, 5.41) is 9.19. The van der Waals surface area contributed by atoms with Crippen molar-refractivity contribution in [1.82, 2.24) is 25.8 Å². The van der Waals surface area contributed by atoms with Crippen molar-refractivity contribution >= 4 is 6.03 Å². The van der Waals surface area contributed by atoms with Gasteiger partial charge in [-0.2, -0.15) is 4.98 Å². The molecular weight excluding hydrogens is 246 g/mol. The van der Waals surface area contributed by atoms with Crippen molar-refractivity contribution in [2.24, 2.45) is 0 Å². The number of rotatable bonds is 5. The number of pyridine rings is 1. The fourth-order valence-corrected chi connectivity index (χ4v) is 1.47. The van der Waals surface area contributed by atoms with Gasteiger partial charge in [0, 0.05) is 31.9 Å². The van der Waals surface area contributed by atoms with Crippen LogP contribution in [0.25, 0.3) is 11.5 Å². The minimum atomic E-state index is -0.196. The lowest BCUT2D eigenvalue weighted by Gasteiger charge is -2.02. The standard InChI is InChI=1S/C12H15N5O2/c1-2-14-12(18)15-7-5-10-16-11(19-17-10)9-4-3-6-13-8-9/h3-4,6,8H,2,5,7H2,1H3,(H2,14,15,18). The highest BCUT2D eigenvalue weighted by atomic mass is 16.5. The topological polar surface area (TPSA) is 92.9 Å². The molecule has 2 aromatic heterocycles. The summed E-state index contributed by atoms with van der Waals surface area (Å²) >= 11 is 0. The first-order chi connectivity index (χ1) is 9.29. The minimum absolute atomic E-state index is 0.196. The van der Waals surface area contributed by atoms with Crippen molar-refractivity contribution in [3.8, 4) is 11.5 Å². The Bertz CT molecular complexity index is 526. The van der Waals surface area contributed by atoms with Crippen LogP contribution in [-0.2, 0) is 6.42 Å². The summed E-state index contributed by atoms with van der Waals surface area (Å²) in [6.45, 7) is 2.91. The van der Waals surface area contributed by atoms with Crippen LogP contribution in [0.3, 0.4) is 0 Å². The molecule has 0 fully saturated rings. The van der Waals surface area contributed by atoms with Crippen LogP contribution in [-0.4, -0.2) is 34.2 Å². The predicted molar refractivity (Wildman–Crippen MR) is 68.3 cm³/mol. The molecule has 0 unspecified atom stereocenters. The van der Waals surface area contributed by atoms with E-state index in [0.29, 0.717) is 31.2 Å². The molecule has 2 aromatic rings. The Morgan fingerprint density at radius 2 is 2.32 bits per heavy atom. The van der Waals surface area contributed by atoms with E-state index in [9.17, 15) is 4.79 Å². The maximum Gasteiger partial charge on any atom is 0.314 e. The Labute approximate surface area is 110 Å². The highest BCUT2D eigenvalue weighted by Gasteiger charge is 2.08. The Hall–Kier alpha value is -2.44. The molecule has 0 saturated carbocycles. The monoisotopic (exact) mass is 261 g/mol. The molecule has 0 spiro atoms. The van der Waals surface area contributed by atoms with E-state index in [2.05, 4.69) is 25.8 Å². The Balaban J connectivity index is 1.86. The zero-order valence-electron chi connectivity index (χ0n) is 10.6. The highest BCUT2D eigenvalue weighted by Crippen LogP contribution is 2.14. The fraction of sp³-hybridized carbons (Fsp3) is 0.333. The second-order valence-electron chi connectivity index (χ2n) is 3.79. The summed E-state index contributed by atoms with van der Waals surface area (Å²) < 4.78 is 5.13. The van der Waals surface area contributed by atoms with Gasteiger partial charge >= 0.3 is 6.03 Å². The Morgan fingerprint density at radius 1 is 1.42 bits per heavy atom. The minimum Gasteiger partial charge on any atom is -0.338 e. The first-order valence-electron chi connectivity index (χ1n) is 6.04. The second-order valence-corrected chi connectivity index (χ2v) is 3.79. The molecule has 2 amide bonds. The SMILES string of the molecule is CCNC(=O)NCCc1noc(-c2cccnc2)n1. The first kappa shape index (κ1) is 13.0. The Morgan fingerprint density at radius 3 is 3.05 bits per heavy atom. The maximum atomic E-state index is 11.2.